The van der Waals surface area contributed by atoms with Crippen LogP contribution in [0.15, 0.2) is 36.4 Å². The molecule has 0 aliphatic carbocycles. The number of aromatic amines is 1. The summed E-state index contributed by atoms with van der Waals surface area (Å²) < 4.78 is 0. The number of fused-ring (bicyclic) bond motifs is 1. The number of H-pyrrole nitrogens is 1. The third kappa shape index (κ3) is 2.59. The van der Waals surface area contributed by atoms with E-state index in [0.29, 0.717) is 6.42 Å². The van der Waals surface area contributed by atoms with Crippen LogP contribution in [0.5, 0.6) is 0 Å². The number of aliphatic hydroxyl groups is 1. The Balaban J connectivity index is 2.18. The predicted molar refractivity (Wildman–Crippen MR) is 86.2 cm³/mol. The summed E-state index contributed by atoms with van der Waals surface area (Å²) in [6.07, 6.45) is -0.205. The number of aryl methyl sites for hydroxylation is 1. The summed E-state index contributed by atoms with van der Waals surface area (Å²) in [5, 5.41) is 18.9. The molecule has 2 aromatic carbocycles. The number of hydrogen-bond acceptors (Lipinski definition) is 3. The molecule has 1 unspecified atom stereocenters. The second-order valence-electron chi connectivity index (χ2n) is 5.49. The van der Waals surface area contributed by atoms with Crippen LogP contribution in [-0.4, -0.2) is 15.1 Å². The molecule has 3 rings (SSSR count). The van der Waals surface area contributed by atoms with E-state index in [1.54, 1.807) is 6.92 Å². The SMILES string of the molecule is Cc1nc2ccc(-c3cc(CC#N)ccc3C(C)O)cc2[nH]1. The molecule has 0 aliphatic rings. The van der Waals surface area contributed by atoms with E-state index in [-0.39, 0.29) is 0 Å². The number of rotatable bonds is 3. The zero-order chi connectivity index (χ0) is 15.7. The van der Waals surface area contributed by atoms with Gasteiger partial charge in [-0.1, -0.05) is 18.2 Å². The Morgan fingerprint density at radius 1 is 1.27 bits per heavy atom. The summed E-state index contributed by atoms with van der Waals surface area (Å²) in [6, 6.07) is 13.9. The van der Waals surface area contributed by atoms with E-state index in [1.807, 2.05) is 43.3 Å². The normalized spacial score (nSPS) is 12.3. The molecule has 0 bridgehead atoms. The van der Waals surface area contributed by atoms with Crippen molar-refractivity contribution in [1.29, 1.82) is 5.26 Å². The lowest BCUT2D eigenvalue weighted by Crippen LogP contribution is -1.97. The minimum Gasteiger partial charge on any atom is -0.389 e. The van der Waals surface area contributed by atoms with Gasteiger partial charge >= 0.3 is 0 Å². The number of nitrogens with one attached hydrogen (secondary N) is 1. The van der Waals surface area contributed by atoms with Gasteiger partial charge in [0.15, 0.2) is 0 Å². The minimum absolute atomic E-state index is 0.360. The summed E-state index contributed by atoms with van der Waals surface area (Å²) in [4.78, 5) is 7.64. The van der Waals surface area contributed by atoms with Gasteiger partial charge in [-0.3, -0.25) is 0 Å². The highest BCUT2D eigenvalue weighted by molar-refractivity contribution is 5.83. The lowest BCUT2D eigenvalue weighted by molar-refractivity contribution is 0.200. The quantitative estimate of drug-likeness (QED) is 0.773. The van der Waals surface area contributed by atoms with Gasteiger partial charge in [-0.15, -0.1) is 0 Å². The van der Waals surface area contributed by atoms with Gasteiger partial charge in [0.2, 0.25) is 0 Å². The molecule has 0 fully saturated rings. The zero-order valence-electron chi connectivity index (χ0n) is 12.6. The molecule has 1 heterocycles. The lowest BCUT2D eigenvalue weighted by atomic mass is 9.93. The van der Waals surface area contributed by atoms with E-state index >= 15 is 0 Å². The van der Waals surface area contributed by atoms with Crippen LogP contribution in [0, 0.1) is 18.3 Å². The number of nitriles is 1. The van der Waals surface area contributed by atoms with Gasteiger partial charge in [-0.2, -0.15) is 5.26 Å². The molecule has 0 spiro atoms. The highest BCUT2D eigenvalue weighted by Gasteiger charge is 2.12. The van der Waals surface area contributed by atoms with Crippen molar-refractivity contribution in [2.75, 3.05) is 0 Å². The largest absolute Gasteiger partial charge is 0.389 e. The Morgan fingerprint density at radius 2 is 2.09 bits per heavy atom. The highest BCUT2D eigenvalue weighted by atomic mass is 16.3. The fraction of sp³-hybridized carbons (Fsp3) is 0.222. The fourth-order valence-corrected chi connectivity index (χ4v) is 2.72. The third-order valence-corrected chi connectivity index (χ3v) is 3.76. The molecule has 110 valence electrons. The Morgan fingerprint density at radius 3 is 2.82 bits per heavy atom. The summed E-state index contributed by atoms with van der Waals surface area (Å²) in [5.41, 5.74) is 5.66. The van der Waals surface area contributed by atoms with Crippen molar-refractivity contribution in [3.63, 3.8) is 0 Å². The molecule has 3 aromatic rings. The number of aromatic nitrogens is 2. The molecular formula is C18H17N3O. The van der Waals surface area contributed by atoms with Crippen molar-refractivity contribution in [2.45, 2.75) is 26.4 Å². The van der Waals surface area contributed by atoms with Crippen molar-refractivity contribution < 1.29 is 5.11 Å². The topological polar surface area (TPSA) is 72.7 Å². The van der Waals surface area contributed by atoms with Crippen LogP contribution in [0.3, 0.4) is 0 Å². The maximum absolute atomic E-state index is 10.0. The van der Waals surface area contributed by atoms with Crippen LogP contribution < -0.4 is 0 Å². The monoisotopic (exact) mass is 291 g/mol. The molecule has 0 saturated heterocycles. The molecule has 2 N–H and O–H groups in total. The first-order valence-electron chi connectivity index (χ1n) is 7.23. The summed E-state index contributed by atoms with van der Waals surface area (Å²) in [6.45, 7) is 3.68. The second kappa shape index (κ2) is 5.63. The summed E-state index contributed by atoms with van der Waals surface area (Å²) >= 11 is 0. The van der Waals surface area contributed by atoms with E-state index in [9.17, 15) is 5.11 Å². The van der Waals surface area contributed by atoms with Gasteiger partial charge in [-0.05, 0) is 54.3 Å². The van der Waals surface area contributed by atoms with Gasteiger partial charge < -0.3 is 10.1 Å². The van der Waals surface area contributed by atoms with E-state index in [4.69, 9.17) is 5.26 Å². The third-order valence-electron chi connectivity index (χ3n) is 3.76. The van der Waals surface area contributed by atoms with E-state index < -0.39 is 6.10 Å². The summed E-state index contributed by atoms with van der Waals surface area (Å²) in [5.74, 6) is 0.876. The second-order valence-corrected chi connectivity index (χ2v) is 5.49. The Labute approximate surface area is 129 Å². The van der Waals surface area contributed by atoms with Crippen molar-refractivity contribution in [2.24, 2.45) is 0 Å². The number of hydrogen-bond donors (Lipinski definition) is 2. The number of aliphatic hydroxyl groups excluding tert-OH is 1. The van der Waals surface area contributed by atoms with Crippen molar-refractivity contribution in [1.82, 2.24) is 9.97 Å². The first kappa shape index (κ1) is 14.3. The van der Waals surface area contributed by atoms with Crippen LogP contribution in [0.25, 0.3) is 22.2 Å². The van der Waals surface area contributed by atoms with Crippen molar-refractivity contribution >= 4 is 11.0 Å². The zero-order valence-corrected chi connectivity index (χ0v) is 12.6. The molecular weight excluding hydrogens is 274 g/mol. The average molecular weight is 291 g/mol. The molecule has 4 nitrogen and oxygen atoms in total. The van der Waals surface area contributed by atoms with Gasteiger partial charge in [0.05, 0.1) is 29.6 Å². The van der Waals surface area contributed by atoms with Gasteiger partial charge in [0, 0.05) is 0 Å². The maximum Gasteiger partial charge on any atom is 0.104 e. The standard InChI is InChI=1S/C18H17N3O/c1-11(22)15-5-3-13(7-8-19)9-16(15)14-4-6-17-18(10-14)21-12(2)20-17/h3-6,9-11,22H,7H2,1-2H3,(H,20,21). The predicted octanol–water partition coefficient (Wildman–Crippen LogP) is 3.66. The first-order chi connectivity index (χ1) is 10.6. The minimum atomic E-state index is -0.565. The van der Waals surface area contributed by atoms with E-state index in [1.165, 1.54) is 0 Å². The molecule has 0 saturated carbocycles. The molecule has 0 aliphatic heterocycles. The fourth-order valence-electron chi connectivity index (χ4n) is 2.72. The van der Waals surface area contributed by atoms with Crippen LogP contribution in [0.2, 0.25) is 0 Å². The maximum atomic E-state index is 10.0. The number of benzene rings is 2. The molecule has 0 amide bonds. The van der Waals surface area contributed by atoms with Crippen molar-refractivity contribution in [3.8, 4) is 17.2 Å². The lowest BCUT2D eigenvalue weighted by Gasteiger charge is -2.13. The Kier molecular flexibility index (Phi) is 3.66. The van der Waals surface area contributed by atoms with Crippen LogP contribution in [-0.2, 0) is 6.42 Å². The van der Waals surface area contributed by atoms with Crippen LogP contribution in [0.4, 0.5) is 0 Å². The van der Waals surface area contributed by atoms with Crippen molar-refractivity contribution in [3.05, 3.63) is 53.3 Å². The van der Waals surface area contributed by atoms with E-state index in [0.717, 1.165) is 39.1 Å². The number of nitrogens with zero attached hydrogens (tertiary/aromatic N) is 2. The molecule has 1 aromatic heterocycles. The summed E-state index contributed by atoms with van der Waals surface area (Å²) in [7, 11) is 0. The molecule has 22 heavy (non-hydrogen) atoms. The van der Waals surface area contributed by atoms with Crippen LogP contribution >= 0.6 is 0 Å². The highest BCUT2D eigenvalue weighted by Crippen LogP contribution is 2.31. The Hall–Kier alpha value is -2.64. The molecule has 0 radical (unpaired) electrons. The number of imidazole rings is 1. The average Bonchev–Trinajstić information content (AvgIpc) is 2.86. The Bertz CT molecular complexity index is 872. The molecule has 4 heteroatoms. The van der Waals surface area contributed by atoms with Gasteiger partial charge in [0.25, 0.3) is 0 Å². The van der Waals surface area contributed by atoms with E-state index in [2.05, 4.69) is 16.0 Å². The molecule has 1 atom stereocenters. The van der Waals surface area contributed by atoms with Crippen LogP contribution in [0.1, 0.15) is 30.0 Å². The van der Waals surface area contributed by atoms with Gasteiger partial charge in [-0.25, -0.2) is 4.98 Å². The first-order valence-corrected chi connectivity index (χ1v) is 7.23. The van der Waals surface area contributed by atoms with Gasteiger partial charge in [0.1, 0.15) is 5.82 Å². The smallest absolute Gasteiger partial charge is 0.104 e.